The van der Waals surface area contributed by atoms with E-state index in [2.05, 4.69) is 28.6 Å². The second-order valence-corrected chi connectivity index (χ2v) is 11.1. The van der Waals surface area contributed by atoms with Crippen LogP contribution in [0, 0.1) is 5.92 Å². The van der Waals surface area contributed by atoms with Crippen LogP contribution in [0.3, 0.4) is 0 Å². The standard InChI is InChI=1S/C29H35Cl2N3O3/c1-20(2)18-37-25-10-11-27(26(31)14-25)34-13-12-33(16-28(34)21-4-7-23(30)8-5-21)19-29(3,36)22-6-9-24(17-35)32-15-22/h4-11,14-15,20,28,35-36H,12-13,16-19H2,1-3H3/t28-,29+/m0/s1. The summed E-state index contributed by atoms with van der Waals surface area (Å²) in [5, 5.41) is 22.0. The second kappa shape index (κ2) is 12.0. The van der Waals surface area contributed by atoms with Crippen molar-refractivity contribution in [2.45, 2.75) is 39.0 Å². The Hall–Kier alpha value is -2.35. The zero-order valence-corrected chi connectivity index (χ0v) is 23.1. The van der Waals surface area contributed by atoms with E-state index < -0.39 is 5.60 Å². The summed E-state index contributed by atoms with van der Waals surface area (Å²) in [6.45, 7) is 9.18. The van der Waals surface area contributed by atoms with E-state index in [9.17, 15) is 10.2 Å². The first-order chi connectivity index (χ1) is 17.7. The number of aliphatic hydroxyl groups excluding tert-OH is 1. The van der Waals surface area contributed by atoms with Crippen molar-refractivity contribution in [1.29, 1.82) is 0 Å². The molecule has 0 radical (unpaired) electrons. The van der Waals surface area contributed by atoms with Crippen molar-refractivity contribution >= 4 is 28.9 Å². The van der Waals surface area contributed by atoms with E-state index in [0.717, 1.165) is 35.7 Å². The lowest BCUT2D eigenvalue weighted by Gasteiger charge is -2.45. The molecule has 1 aliphatic rings. The predicted molar refractivity (Wildman–Crippen MR) is 149 cm³/mol. The molecule has 8 heteroatoms. The number of rotatable bonds is 9. The lowest BCUT2D eigenvalue weighted by atomic mass is 9.95. The van der Waals surface area contributed by atoms with Gasteiger partial charge in [-0.05, 0) is 48.7 Å². The average molecular weight is 545 g/mol. The maximum absolute atomic E-state index is 11.3. The van der Waals surface area contributed by atoms with Crippen LogP contribution in [0.15, 0.2) is 60.8 Å². The fraction of sp³-hybridized carbons (Fsp3) is 0.414. The van der Waals surface area contributed by atoms with Gasteiger partial charge in [-0.1, -0.05) is 55.2 Å². The number of halogens is 2. The summed E-state index contributed by atoms with van der Waals surface area (Å²) < 4.78 is 5.87. The number of hydrogen-bond donors (Lipinski definition) is 2. The fourth-order valence-electron chi connectivity index (χ4n) is 4.68. The molecule has 37 heavy (non-hydrogen) atoms. The molecule has 0 bridgehead atoms. The van der Waals surface area contributed by atoms with E-state index in [4.69, 9.17) is 27.9 Å². The number of aromatic nitrogens is 1. The highest BCUT2D eigenvalue weighted by Crippen LogP contribution is 2.38. The maximum atomic E-state index is 11.3. The molecule has 0 saturated carbocycles. The molecule has 2 N–H and O–H groups in total. The third-order valence-corrected chi connectivity index (χ3v) is 7.23. The van der Waals surface area contributed by atoms with E-state index in [1.807, 2.05) is 48.5 Å². The highest BCUT2D eigenvalue weighted by molar-refractivity contribution is 6.33. The van der Waals surface area contributed by atoms with Gasteiger partial charge < -0.3 is 19.8 Å². The molecule has 0 amide bonds. The molecule has 0 spiro atoms. The normalized spacial score (nSPS) is 18.2. The minimum atomic E-state index is -1.10. The van der Waals surface area contributed by atoms with Crippen molar-refractivity contribution in [2.75, 3.05) is 37.7 Å². The van der Waals surface area contributed by atoms with Crippen LogP contribution in [-0.2, 0) is 12.2 Å². The number of hydrogen-bond acceptors (Lipinski definition) is 6. The van der Waals surface area contributed by atoms with Crippen molar-refractivity contribution in [3.8, 4) is 5.75 Å². The zero-order chi connectivity index (χ0) is 26.6. The number of benzene rings is 2. The minimum Gasteiger partial charge on any atom is -0.493 e. The van der Waals surface area contributed by atoms with Crippen molar-refractivity contribution in [3.63, 3.8) is 0 Å². The Morgan fingerprint density at radius 1 is 1.08 bits per heavy atom. The van der Waals surface area contributed by atoms with Gasteiger partial charge in [-0.15, -0.1) is 0 Å². The molecule has 6 nitrogen and oxygen atoms in total. The third kappa shape index (κ3) is 6.95. The van der Waals surface area contributed by atoms with Gasteiger partial charge in [0.05, 0.1) is 35.7 Å². The number of anilines is 1. The molecule has 4 rings (SSSR count). The first-order valence-electron chi connectivity index (χ1n) is 12.6. The van der Waals surface area contributed by atoms with Gasteiger partial charge in [0.25, 0.3) is 0 Å². The van der Waals surface area contributed by atoms with Crippen LogP contribution in [0.25, 0.3) is 0 Å². The van der Waals surface area contributed by atoms with E-state index in [1.165, 1.54) is 0 Å². The van der Waals surface area contributed by atoms with Gasteiger partial charge in [0.2, 0.25) is 0 Å². The van der Waals surface area contributed by atoms with Crippen LogP contribution < -0.4 is 9.64 Å². The molecule has 2 atom stereocenters. The second-order valence-electron chi connectivity index (χ2n) is 10.3. The molecule has 1 fully saturated rings. The van der Waals surface area contributed by atoms with Crippen LogP contribution in [-0.4, -0.2) is 52.9 Å². The fourth-order valence-corrected chi connectivity index (χ4v) is 5.08. The molecule has 1 saturated heterocycles. The van der Waals surface area contributed by atoms with Gasteiger partial charge in [0, 0.05) is 49.0 Å². The Bertz CT molecular complexity index is 1170. The summed E-state index contributed by atoms with van der Waals surface area (Å²) in [6, 6.07) is 17.4. The van der Waals surface area contributed by atoms with Crippen LogP contribution in [0.2, 0.25) is 10.0 Å². The highest BCUT2D eigenvalue weighted by Gasteiger charge is 2.34. The maximum Gasteiger partial charge on any atom is 0.120 e. The molecule has 0 unspecified atom stereocenters. The van der Waals surface area contributed by atoms with Crippen LogP contribution in [0.4, 0.5) is 5.69 Å². The Balaban J connectivity index is 1.57. The molecule has 1 aromatic heterocycles. The molecular formula is C29H35Cl2N3O3. The summed E-state index contributed by atoms with van der Waals surface area (Å²) in [6.07, 6.45) is 1.64. The number of aliphatic hydroxyl groups is 2. The summed E-state index contributed by atoms with van der Waals surface area (Å²) >= 11 is 13.0. The van der Waals surface area contributed by atoms with Crippen LogP contribution >= 0.6 is 23.2 Å². The SMILES string of the molecule is CC(C)COc1ccc(N2CCN(C[C@@](C)(O)c3ccc(CO)nc3)C[C@H]2c2ccc(Cl)cc2)c(Cl)c1. The molecule has 3 aromatic rings. The van der Waals surface area contributed by atoms with Crippen molar-refractivity contribution in [2.24, 2.45) is 5.92 Å². The zero-order valence-electron chi connectivity index (χ0n) is 21.6. The largest absolute Gasteiger partial charge is 0.493 e. The summed E-state index contributed by atoms with van der Waals surface area (Å²) in [5.41, 5.74) is 2.28. The summed E-state index contributed by atoms with van der Waals surface area (Å²) in [4.78, 5) is 8.83. The summed E-state index contributed by atoms with van der Waals surface area (Å²) in [5.74, 6) is 1.20. The number of piperazine rings is 1. The molecular weight excluding hydrogens is 509 g/mol. The molecule has 198 valence electrons. The van der Waals surface area contributed by atoms with Gasteiger partial charge in [-0.25, -0.2) is 0 Å². The lowest BCUT2D eigenvalue weighted by Crippen LogP contribution is -2.52. The third-order valence-electron chi connectivity index (χ3n) is 6.67. The number of ether oxygens (including phenoxy) is 1. The monoisotopic (exact) mass is 543 g/mol. The number of pyridine rings is 1. The van der Waals surface area contributed by atoms with Crippen molar-refractivity contribution < 1.29 is 14.9 Å². The molecule has 0 aliphatic carbocycles. The lowest BCUT2D eigenvalue weighted by molar-refractivity contribution is 0.00997. The van der Waals surface area contributed by atoms with E-state index in [0.29, 0.717) is 41.4 Å². The number of nitrogens with zero attached hydrogens (tertiary/aromatic N) is 3. The molecule has 2 heterocycles. The Morgan fingerprint density at radius 2 is 1.84 bits per heavy atom. The first-order valence-corrected chi connectivity index (χ1v) is 13.4. The topological polar surface area (TPSA) is 69.1 Å². The minimum absolute atomic E-state index is 0.0108. The number of β-amino-alcohol motifs (C(OH)–C–C–N with tert-alkyl or cyclic N) is 1. The molecule has 1 aliphatic heterocycles. The Morgan fingerprint density at radius 3 is 2.46 bits per heavy atom. The van der Waals surface area contributed by atoms with Gasteiger partial charge in [-0.3, -0.25) is 9.88 Å². The average Bonchev–Trinajstić information content (AvgIpc) is 2.88. The van der Waals surface area contributed by atoms with Crippen molar-refractivity contribution in [3.05, 3.63) is 87.7 Å². The molecule has 2 aromatic carbocycles. The summed E-state index contributed by atoms with van der Waals surface area (Å²) in [7, 11) is 0. The van der Waals surface area contributed by atoms with Gasteiger partial charge in [0.1, 0.15) is 11.4 Å². The highest BCUT2D eigenvalue weighted by atomic mass is 35.5. The Labute approximate surface area is 229 Å². The van der Waals surface area contributed by atoms with Crippen LogP contribution in [0.5, 0.6) is 5.75 Å². The van der Waals surface area contributed by atoms with E-state index >= 15 is 0 Å². The van der Waals surface area contributed by atoms with Gasteiger partial charge in [-0.2, -0.15) is 0 Å². The van der Waals surface area contributed by atoms with E-state index in [-0.39, 0.29) is 12.6 Å². The Kier molecular flexibility index (Phi) is 8.98. The first kappa shape index (κ1) is 27.7. The smallest absolute Gasteiger partial charge is 0.120 e. The van der Waals surface area contributed by atoms with Crippen LogP contribution in [0.1, 0.15) is 43.6 Å². The van der Waals surface area contributed by atoms with Crippen molar-refractivity contribution in [1.82, 2.24) is 9.88 Å². The van der Waals surface area contributed by atoms with E-state index in [1.54, 1.807) is 19.2 Å². The predicted octanol–water partition coefficient (Wildman–Crippen LogP) is 5.69. The van der Waals surface area contributed by atoms with Gasteiger partial charge in [0.15, 0.2) is 0 Å². The van der Waals surface area contributed by atoms with Gasteiger partial charge >= 0.3 is 0 Å². The quantitative estimate of drug-likeness (QED) is 0.361.